The molecule has 2 N–H and O–H groups in total. The second-order valence-corrected chi connectivity index (χ2v) is 5.96. The minimum Gasteiger partial charge on any atom is -0.497 e. The van der Waals surface area contributed by atoms with Crippen LogP contribution in [0.15, 0.2) is 50.7 Å². The molecule has 0 bridgehead atoms. The first-order chi connectivity index (χ1) is 8.60. The molecule has 0 aromatic heterocycles. The van der Waals surface area contributed by atoms with E-state index in [0.29, 0.717) is 10.7 Å². The number of benzene rings is 2. The molecule has 2 aromatic rings. The van der Waals surface area contributed by atoms with Crippen molar-refractivity contribution >= 4 is 45.0 Å². The SMILES string of the molecule is COc1ccc(Sc2ccc(Cl)cc2Br)c(N)c1. The summed E-state index contributed by atoms with van der Waals surface area (Å²) in [7, 11) is 1.62. The Bertz CT molecular complexity index is 577. The Balaban J connectivity index is 2.28. The highest BCUT2D eigenvalue weighted by molar-refractivity contribution is 9.10. The van der Waals surface area contributed by atoms with Gasteiger partial charge in [0.05, 0.1) is 7.11 Å². The van der Waals surface area contributed by atoms with Gasteiger partial charge in [-0.2, -0.15) is 0 Å². The zero-order valence-corrected chi connectivity index (χ0v) is 12.8. The Kier molecular flexibility index (Phi) is 4.43. The van der Waals surface area contributed by atoms with Gasteiger partial charge in [-0.15, -0.1) is 0 Å². The summed E-state index contributed by atoms with van der Waals surface area (Å²) in [4.78, 5) is 2.05. The average molecular weight is 345 g/mol. The number of nitrogen functional groups attached to an aromatic ring is 1. The van der Waals surface area contributed by atoms with E-state index in [1.165, 1.54) is 0 Å². The maximum Gasteiger partial charge on any atom is 0.120 e. The molecule has 2 aromatic carbocycles. The Morgan fingerprint density at radius 3 is 2.50 bits per heavy atom. The van der Waals surface area contributed by atoms with Gasteiger partial charge < -0.3 is 10.5 Å². The summed E-state index contributed by atoms with van der Waals surface area (Å²) in [6.45, 7) is 0. The van der Waals surface area contributed by atoms with Gasteiger partial charge in [0.1, 0.15) is 5.75 Å². The lowest BCUT2D eigenvalue weighted by molar-refractivity contribution is 0.415. The van der Waals surface area contributed by atoms with Crippen molar-refractivity contribution in [3.05, 3.63) is 45.9 Å². The Labute approximate surface area is 124 Å². The lowest BCUT2D eigenvalue weighted by Crippen LogP contribution is -1.90. The van der Waals surface area contributed by atoms with Gasteiger partial charge in [0.25, 0.3) is 0 Å². The van der Waals surface area contributed by atoms with Gasteiger partial charge in [-0.25, -0.2) is 0 Å². The number of anilines is 1. The molecular weight excluding hydrogens is 334 g/mol. The minimum atomic E-state index is 0.696. The predicted octanol–water partition coefficient (Wildman–Crippen LogP) is 4.84. The van der Waals surface area contributed by atoms with E-state index < -0.39 is 0 Å². The van der Waals surface area contributed by atoms with E-state index >= 15 is 0 Å². The molecule has 0 saturated heterocycles. The molecule has 5 heteroatoms. The molecule has 18 heavy (non-hydrogen) atoms. The quantitative estimate of drug-likeness (QED) is 0.809. The average Bonchev–Trinajstić information content (AvgIpc) is 2.34. The highest BCUT2D eigenvalue weighted by Crippen LogP contribution is 2.38. The van der Waals surface area contributed by atoms with Crippen LogP contribution < -0.4 is 10.5 Å². The van der Waals surface area contributed by atoms with E-state index in [9.17, 15) is 0 Å². The maximum atomic E-state index is 5.98. The highest BCUT2D eigenvalue weighted by Gasteiger charge is 2.07. The van der Waals surface area contributed by atoms with Crippen molar-refractivity contribution < 1.29 is 4.74 Å². The molecule has 94 valence electrons. The summed E-state index contributed by atoms with van der Waals surface area (Å²) >= 11 is 11.0. The zero-order valence-electron chi connectivity index (χ0n) is 9.61. The number of ether oxygens (including phenoxy) is 1. The Morgan fingerprint density at radius 1 is 1.17 bits per heavy atom. The first-order valence-electron chi connectivity index (χ1n) is 5.16. The molecular formula is C13H11BrClNOS. The molecule has 2 rings (SSSR count). The number of hydrogen-bond acceptors (Lipinski definition) is 3. The van der Waals surface area contributed by atoms with Gasteiger partial charge in [-0.1, -0.05) is 23.4 Å². The topological polar surface area (TPSA) is 35.2 Å². The first kappa shape index (κ1) is 13.6. The molecule has 0 aliphatic heterocycles. The van der Waals surface area contributed by atoms with Crippen molar-refractivity contribution in [3.63, 3.8) is 0 Å². The number of rotatable bonds is 3. The van der Waals surface area contributed by atoms with Gasteiger partial charge in [0.15, 0.2) is 0 Å². The standard InChI is InChI=1S/C13H11BrClNOS/c1-17-9-3-5-13(11(16)7-9)18-12-4-2-8(15)6-10(12)14/h2-7H,16H2,1H3. The van der Waals surface area contributed by atoms with Crippen molar-refractivity contribution in [1.82, 2.24) is 0 Å². The van der Waals surface area contributed by atoms with Crippen molar-refractivity contribution in [2.24, 2.45) is 0 Å². The van der Waals surface area contributed by atoms with Crippen LogP contribution in [0, 0.1) is 0 Å². The van der Waals surface area contributed by atoms with Crippen molar-refractivity contribution in [2.75, 3.05) is 12.8 Å². The molecule has 0 radical (unpaired) electrons. The third-order valence-electron chi connectivity index (χ3n) is 2.33. The molecule has 0 unspecified atom stereocenters. The van der Waals surface area contributed by atoms with Gasteiger partial charge in [0.2, 0.25) is 0 Å². The normalized spacial score (nSPS) is 10.4. The molecule has 0 fully saturated rings. The van der Waals surface area contributed by atoms with E-state index in [2.05, 4.69) is 15.9 Å². The number of nitrogens with two attached hydrogens (primary N) is 1. The summed E-state index contributed by atoms with van der Waals surface area (Å²) in [5.74, 6) is 0.757. The van der Waals surface area contributed by atoms with Crippen molar-refractivity contribution in [2.45, 2.75) is 9.79 Å². The molecule has 0 amide bonds. The van der Waals surface area contributed by atoms with E-state index in [0.717, 1.165) is 20.0 Å². The van der Waals surface area contributed by atoms with Crippen LogP contribution in [-0.4, -0.2) is 7.11 Å². The molecule has 0 saturated carbocycles. The summed E-state index contributed by atoms with van der Waals surface area (Å²) in [6.07, 6.45) is 0. The number of hydrogen-bond donors (Lipinski definition) is 1. The van der Waals surface area contributed by atoms with Crippen LogP contribution in [-0.2, 0) is 0 Å². The third-order valence-corrected chi connectivity index (χ3v) is 4.65. The van der Waals surface area contributed by atoms with Crippen LogP contribution in [0.5, 0.6) is 5.75 Å². The number of halogens is 2. The fraction of sp³-hybridized carbons (Fsp3) is 0.0769. The third kappa shape index (κ3) is 3.13. The highest BCUT2D eigenvalue weighted by atomic mass is 79.9. The fourth-order valence-corrected chi connectivity index (χ4v) is 3.19. The minimum absolute atomic E-state index is 0.696. The predicted molar refractivity (Wildman–Crippen MR) is 80.7 cm³/mol. The van der Waals surface area contributed by atoms with Gasteiger partial charge in [-0.05, 0) is 46.3 Å². The largest absolute Gasteiger partial charge is 0.497 e. The second-order valence-electron chi connectivity index (χ2n) is 3.58. The summed E-state index contributed by atoms with van der Waals surface area (Å²) < 4.78 is 6.08. The second kappa shape index (κ2) is 5.87. The van der Waals surface area contributed by atoms with E-state index in [-0.39, 0.29) is 0 Å². The molecule has 2 nitrogen and oxygen atoms in total. The first-order valence-corrected chi connectivity index (χ1v) is 7.15. The van der Waals surface area contributed by atoms with Crippen LogP contribution in [0.2, 0.25) is 5.02 Å². The lowest BCUT2D eigenvalue weighted by Gasteiger charge is -2.09. The van der Waals surface area contributed by atoms with E-state index in [1.54, 1.807) is 18.9 Å². The van der Waals surface area contributed by atoms with Gasteiger partial charge in [-0.3, -0.25) is 0 Å². The molecule has 0 heterocycles. The Morgan fingerprint density at radius 2 is 1.89 bits per heavy atom. The summed E-state index contributed by atoms with van der Waals surface area (Å²) in [5, 5.41) is 0.703. The summed E-state index contributed by atoms with van der Waals surface area (Å²) in [6, 6.07) is 11.3. The van der Waals surface area contributed by atoms with Crippen LogP contribution in [0.25, 0.3) is 0 Å². The fourth-order valence-electron chi connectivity index (χ4n) is 1.42. The maximum absolute atomic E-state index is 5.98. The van der Waals surface area contributed by atoms with Crippen LogP contribution in [0.4, 0.5) is 5.69 Å². The molecule has 0 aliphatic carbocycles. The van der Waals surface area contributed by atoms with Gasteiger partial charge >= 0.3 is 0 Å². The summed E-state index contributed by atoms with van der Waals surface area (Å²) in [5.41, 5.74) is 6.68. The van der Waals surface area contributed by atoms with Crippen molar-refractivity contribution in [3.8, 4) is 5.75 Å². The Hall–Kier alpha value is -0.840. The van der Waals surface area contributed by atoms with Crippen molar-refractivity contribution in [1.29, 1.82) is 0 Å². The van der Waals surface area contributed by atoms with E-state index in [1.807, 2.05) is 36.4 Å². The van der Waals surface area contributed by atoms with Crippen LogP contribution in [0.1, 0.15) is 0 Å². The number of methoxy groups -OCH3 is 1. The van der Waals surface area contributed by atoms with Crippen LogP contribution >= 0.6 is 39.3 Å². The monoisotopic (exact) mass is 343 g/mol. The smallest absolute Gasteiger partial charge is 0.120 e. The van der Waals surface area contributed by atoms with Crippen LogP contribution in [0.3, 0.4) is 0 Å². The molecule has 0 aliphatic rings. The van der Waals surface area contributed by atoms with E-state index in [4.69, 9.17) is 22.1 Å². The lowest BCUT2D eigenvalue weighted by atomic mass is 10.3. The molecule has 0 spiro atoms. The molecule has 0 atom stereocenters. The zero-order chi connectivity index (χ0) is 13.1. The van der Waals surface area contributed by atoms with Gasteiger partial charge in [0, 0.05) is 31.0 Å².